The zero-order valence-corrected chi connectivity index (χ0v) is 21.0. The first-order valence-electron chi connectivity index (χ1n) is 12.8. The van der Waals surface area contributed by atoms with Crippen molar-refractivity contribution >= 4 is 11.8 Å². The van der Waals surface area contributed by atoms with Crippen molar-refractivity contribution in [1.82, 2.24) is 15.2 Å². The molecule has 0 saturated carbocycles. The van der Waals surface area contributed by atoms with Gasteiger partial charge in [0.1, 0.15) is 17.6 Å². The summed E-state index contributed by atoms with van der Waals surface area (Å²) < 4.78 is 19.5. The number of nitrogens with one attached hydrogen (secondary N) is 2. The SMILES string of the molecule is O=C(NC[C@H]1CCCO1)[C@H](c1ccc(F)cc1)N(Cc1ccccc1)C(=O)c1ccc(-c2ccccc2)[nH]1. The number of amides is 2. The molecule has 4 aromatic rings. The number of hydrogen-bond acceptors (Lipinski definition) is 3. The maximum atomic E-state index is 14.1. The third-order valence-corrected chi connectivity index (χ3v) is 6.73. The van der Waals surface area contributed by atoms with E-state index in [1.165, 1.54) is 17.0 Å². The number of aromatic amines is 1. The number of carbonyl (C=O) groups is 2. The van der Waals surface area contributed by atoms with Gasteiger partial charge in [0.15, 0.2) is 0 Å². The van der Waals surface area contributed by atoms with Crippen LogP contribution in [0.5, 0.6) is 0 Å². The zero-order valence-electron chi connectivity index (χ0n) is 21.0. The minimum atomic E-state index is -0.979. The van der Waals surface area contributed by atoms with Gasteiger partial charge in [-0.15, -0.1) is 0 Å². The molecule has 2 heterocycles. The van der Waals surface area contributed by atoms with Crippen molar-refractivity contribution in [2.45, 2.75) is 31.5 Å². The van der Waals surface area contributed by atoms with E-state index in [1.54, 1.807) is 18.2 Å². The van der Waals surface area contributed by atoms with Crippen LogP contribution in [0, 0.1) is 5.82 Å². The van der Waals surface area contributed by atoms with Crippen LogP contribution in [-0.4, -0.2) is 41.0 Å². The molecule has 2 atom stereocenters. The molecule has 2 N–H and O–H groups in total. The van der Waals surface area contributed by atoms with Gasteiger partial charge in [-0.2, -0.15) is 0 Å². The predicted molar refractivity (Wildman–Crippen MR) is 144 cm³/mol. The standard InChI is InChI=1S/C31H30FN3O3/c32-25-15-13-24(14-16-25)29(30(36)33-20-26-12-7-19-38-26)35(21-22-8-3-1-4-9-22)31(37)28-18-17-27(34-28)23-10-5-2-6-11-23/h1-6,8-11,13-18,26,29,34H,7,12,19-21H2,(H,33,36)/t26-,29+/m1/s1. The molecule has 194 valence electrons. The molecule has 1 aromatic heterocycles. The highest BCUT2D eigenvalue weighted by atomic mass is 19.1. The van der Waals surface area contributed by atoms with Crippen molar-refractivity contribution in [2.75, 3.05) is 13.2 Å². The highest BCUT2D eigenvalue weighted by molar-refractivity contribution is 5.97. The lowest BCUT2D eigenvalue weighted by atomic mass is 10.0. The average molecular weight is 512 g/mol. The number of aromatic nitrogens is 1. The van der Waals surface area contributed by atoms with Gasteiger partial charge < -0.3 is 19.9 Å². The van der Waals surface area contributed by atoms with Crippen LogP contribution in [0.25, 0.3) is 11.3 Å². The van der Waals surface area contributed by atoms with Crippen LogP contribution in [0.1, 0.15) is 40.5 Å². The van der Waals surface area contributed by atoms with Gasteiger partial charge in [-0.25, -0.2) is 4.39 Å². The first-order valence-corrected chi connectivity index (χ1v) is 12.8. The van der Waals surface area contributed by atoms with E-state index >= 15 is 0 Å². The van der Waals surface area contributed by atoms with E-state index in [0.717, 1.165) is 29.7 Å². The molecule has 38 heavy (non-hydrogen) atoms. The van der Waals surface area contributed by atoms with E-state index in [-0.39, 0.29) is 24.5 Å². The number of H-pyrrole nitrogens is 1. The van der Waals surface area contributed by atoms with Gasteiger partial charge in [-0.1, -0.05) is 72.8 Å². The number of benzene rings is 3. The van der Waals surface area contributed by atoms with Crippen molar-refractivity contribution < 1.29 is 18.7 Å². The molecular formula is C31H30FN3O3. The van der Waals surface area contributed by atoms with Crippen LogP contribution in [0.15, 0.2) is 97.1 Å². The van der Waals surface area contributed by atoms with E-state index in [1.807, 2.05) is 66.7 Å². The Bertz CT molecular complexity index is 1350. The fraction of sp³-hybridized carbons (Fsp3) is 0.226. The normalized spacial score (nSPS) is 15.7. The molecule has 7 heteroatoms. The monoisotopic (exact) mass is 511 g/mol. The second kappa shape index (κ2) is 11.9. The number of hydrogen-bond donors (Lipinski definition) is 2. The number of nitrogens with zero attached hydrogens (tertiary/aromatic N) is 1. The van der Waals surface area contributed by atoms with E-state index in [0.29, 0.717) is 24.4 Å². The first kappa shape index (κ1) is 25.4. The Kier molecular flexibility index (Phi) is 7.95. The lowest BCUT2D eigenvalue weighted by Crippen LogP contribution is -2.45. The van der Waals surface area contributed by atoms with Crippen LogP contribution >= 0.6 is 0 Å². The molecule has 1 aliphatic rings. The second-order valence-corrected chi connectivity index (χ2v) is 9.40. The fourth-order valence-corrected chi connectivity index (χ4v) is 4.76. The molecule has 0 spiro atoms. The lowest BCUT2D eigenvalue weighted by molar-refractivity contribution is -0.126. The summed E-state index contributed by atoms with van der Waals surface area (Å²) in [6.45, 7) is 1.22. The van der Waals surface area contributed by atoms with Gasteiger partial charge in [0.2, 0.25) is 5.91 Å². The summed E-state index contributed by atoms with van der Waals surface area (Å²) in [5.41, 5.74) is 3.50. The van der Waals surface area contributed by atoms with Crippen molar-refractivity contribution in [3.63, 3.8) is 0 Å². The van der Waals surface area contributed by atoms with Gasteiger partial charge in [0.05, 0.1) is 6.10 Å². The third kappa shape index (κ3) is 6.01. The molecule has 1 aliphatic heterocycles. The van der Waals surface area contributed by atoms with Crippen molar-refractivity contribution in [1.29, 1.82) is 0 Å². The Hall–Kier alpha value is -4.23. The predicted octanol–water partition coefficient (Wildman–Crippen LogP) is 5.50. The fourth-order valence-electron chi connectivity index (χ4n) is 4.76. The van der Waals surface area contributed by atoms with Crippen LogP contribution in [0.4, 0.5) is 4.39 Å². The van der Waals surface area contributed by atoms with Gasteiger partial charge in [-0.3, -0.25) is 9.59 Å². The molecule has 3 aromatic carbocycles. The molecule has 5 rings (SSSR count). The Morgan fingerprint density at radius 1 is 0.947 bits per heavy atom. The molecule has 0 aliphatic carbocycles. The van der Waals surface area contributed by atoms with E-state index in [9.17, 15) is 14.0 Å². The average Bonchev–Trinajstić information content (AvgIpc) is 3.66. The highest BCUT2D eigenvalue weighted by Crippen LogP contribution is 2.27. The highest BCUT2D eigenvalue weighted by Gasteiger charge is 2.33. The molecule has 6 nitrogen and oxygen atoms in total. The summed E-state index contributed by atoms with van der Waals surface area (Å²) in [5.74, 6) is -1.09. The van der Waals surface area contributed by atoms with Crippen LogP contribution in [-0.2, 0) is 16.1 Å². The first-order chi connectivity index (χ1) is 18.6. The number of halogens is 1. The molecule has 1 saturated heterocycles. The Morgan fingerprint density at radius 3 is 2.34 bits per heavy atom. The maximum absolute atomic E-state index is 14.1. The molecule has 2 amide bonds. The second-order valence-electron chi connectivity index (χ2n) is 9.40. The summed E-state index contributed by atoms with van der Waals surface area (Å²) in [7, 11) is 0. The molecule has 0 bridgehead atoms. The minimum absolute atomic E-state index is 0.0528. The topological polar surface area (TPSA) is 74.4 Å². The van der Waals surface area contributed by atoms with Crippen molar-refractivity contribution in [3.05, 3.63) is 120 Å². The number of rotatable bonds is 9. The van der Waals surface area contributed by atoms with E-state index in [4.69, 9.17) is 4.74 Å². The molecule has 1 fully saturated rings. The Labute approximate surface area is 221 Å². The summed E-state index contributed by atoms with van der Waals surface area (Å²) in [6, 6.07) is 27.6. The van der Waals surface area contributed by atoms with E-state index < -0.39 is 11.9 Å². The lowest BCUT2D eigenvalue weighted by Gasteiger charge is -2.31. The molecule has 0 radical (unpaired) electrons. The van der Waals surface area contributed by atoms with Crippen LogP contribution < -0.4 is 5.32 Å². The van der Waals surface area contributed by atoms with Crippen molar-refractivity contribution in [3.8, 4) is 11.3 Å². The van der Waals surface area contributed by atoms with Gasteiger partial charge in [-0.05, 0) is 53.8 Å². The third-order valence-electron chi connectivity index (χ3n) is 6.73. The van der Waals surface area contributed by atoms with Gasteiger partial charge in [0, 0.05) is 25.4 Å². The molecule has 0 unspecified atom stereocenters. The largest absolute Gasteiger partial charge is 0.376 e. The summed E-state index contributed by atoms with van der Waals surface area (Å²) in [4.78, 5) is 32.5. The zero-order chi connectivity index (χ0) is 26.3. The van der Waals surface area contributed by atoms with Crippen LogP contribution in [0.2, 0.25) is 0 Å². The number of carbonyl (C=O) groups excluding carboxylic acids is 2. The van der Waals surface area contributed by atoms with Crippen LogP contribution in [0.3, 0.4) is 0 Å². The van der Waals surface area contributed by atoms with Crippen molar-refractivity contribution in [2.24, 2.45) is 0 Å². The summed E-state index contributed by atoms with van der Waals surface area (Å²) in [5, 5.41) is 2.98. The maximum Gasteiger partial charge on any atom is 0.271 e. The smallest absolute Gasteiger partial charge is 0.271 e. The van der Waals surface area contributed by atoms with Gasteiger partial charge in [0.25, 0.3) is 5.91 Å². The Balaban J connectivity index is 1.50. The summed E-state index contributed by atoms with van der Waals surface area (Å²) >= 11 is 0. The quantitative estimate of drug-likeness (QED) is 0.312. The molecular weight excluding hydrogens is 481 g/mol. The van der Waals surface area contributed by atoms with E-state index in [2.05, 4.69) is 10.3 Å². The number of ether oxygens (including phenoxy) is 1. The summed E-state index contributed by atoms with van der Waals surface area (Å²) in [6.07, 6.45) is 1.78. The Morgan fingerprint density at radius 2 is 1.66 bits per heavy atom. The van der Waals surface area contributed by atoms with Gasteiger partial charge >= 0.3 is 0 Å². The minimum Gasteiger partial charge on any atom is -0.376 e.